The van der Waals surface area contributed by atoms with Gasteiger partial charge in [0.1, 0.15) is 0 Å². The zero-order valence-corrected chi connectivity index (χ0v) is 12.4. The van der Waals surface area contributed by atoms with E-state index in [-0.39, 0.29) is 0 Å². The van der Waals surface area contributed by atoms with E-state index in [1.807, 2.05) is 0 Å². The summed E-state index contributed by atoms with van der Waals surface area (Å²) >= 11 is 0. The van der Waals surface area contributed by atoms with E-state index in [0.717, 1.165) is 0 Å². The second-order valence-electron chi connectivity index (χ2n) is 5.69. The molecule has 0 heterocycles. The number of hydrogen-bond acceptors (Lipinski definition) is 2. The van der Waals surface area contributed by atoms with E-state index in [4.69, 9.17) is 5.84 Å². The first kappa shape index (κ1) is 15.7. The summed E-state index contributed by atoms with van der Waals surface area (Å²) in [7, 11) is 0. The Balaban J connectivity index is 2.65. The van der Waals surface area contributed by atoms with Crippen LogP contribution >= 0.6 is 0 Å². The van der Waals surface area contributed by atoms with E-state index in [9.17, 15) is 0 Å². The van der Waals surface area contributed by atoms with Crippen LogP contribution in [0.2, 0.25) is 0 Å². The van der Waals surface area contributed by atoms with Gasteiger partial charge in [0.05, 0.1) is 0 Å². The monoisotopic (exact) mass is 252 g/mol. The smallest absolute Gasteiger partial charge is 0.0447 e. The predicted molar refractivity (Wildman–Crippen MR) is 80.2 cm³/mol. The molecule has 0 fully saturated rings. The molecular formula is C16H32N2. The molecule has 0 saturated carbocycles. The molecule has 0 aromatic carbocycles. The fourth-order valence-electron chi connectivity index (χ4n) is 3.12. The van der Waals surface area contributed by atoms with Crippen molar-refractivity contribution in [3.05, 3.63) is 11.6 Å². The number of nitrogens with one attached hydrogen (secondary N) is 1. The minimum Gasteiger partial charge on any atom is -0.271 e. The quantitative estimate of drug-likeness (QED) is 0.402. The van der Waals surface area contributed by atoms with Gasteiger partial charge in [0, 0.05) is 6.04 Å². The summed E-state index contributed by atoms with van der Waals surface area (Å²) in [6.45, 7) is 4.57. The average Bonchev–Trinajstić information content (AvgIpc) is 2.35. The molecule has 0 radical (unpaired) electrons. The topological polar surface area (TPSA) is 38.0 Å². The highest BCUT2D eigenvalue weighted by atomic mass is 15.2. The van der Waals surface area contributed by atoms with Crippen LogP contribution in [0, 0.1) is 5.92 Å². The van der Waals surface area contributed by atoms with Crippen molar-refractivity contribution in [3.63, 3.8) is 0 Å². The van der Waals surface area contributed by atoms with Gasteiger partial charge < -0.3 is 0 Å². The zero-order chi connectivity index (χ0) is 13.2. The molecule has 0 saturated heterocycles. The second kappa shape index (κ2) is 9.57. The Hall–Kier alpha value is -0.340. The van der Waals surface area contributed by atoms with Gasteiger partial charge in [-0.15, -0.1) is 0 Å². The van der Waals surface area contributed by atoms with E-state index in [1.54, 1.807) is 5.57 Å². The second-order valence-corrected chi connectivity index (χ2v) is 5.69. The molecule has 1 aliphatic rings. The van der Waals surface area contributed by atoms with Gasteiger partial charge in [-0.25, -0.2) is 0 Å². The molecule has 0 aromatic rings. The van der Waals surface area contributed by atoms with Crippen LogP contribution in [0.15, 0.2) is 11.6 Å². The maximum atomic E-state index is 5.85. The zero-order valence-electron chi connectivity index (χ0n) is 12.4. The Morgan fingerprint density at radius 3 is 2.67 bits per heavy atom. The summed E-state index contributed by atoms with van der Waals surface area (Å²) in [6.07, 6.45) is 15.6. The standard InChI is InChI=1S/C16H32N2/c1-3-5-11-14(4-2)16(18-17)15-12-9-7-6-8-10-13-15/h12,14,16,18H,3-11,13,17H2,1-2H3. The fraction of sp³-hybridized carbons (Fsp3) is 0.875. The number of allylic oxidation sites excluding steroid dienone is 1. The van der Waals surface area contributed by atoms with Crippen LogP contribution in [0.25, 0.3) is 0 Å². The third-order valence-electron chi connectivity index (χ3n) is 4.33. The Bertz CT molecular complexity index is 235. The van der Waals surface area contributed by atoms with Crippen LogP contribution in [-0.2, 0) is 0 Å². The summed E-state index contributed by atoms with van der Waals surface area (Å²) in [4.78, 5) is 0. The van der Waals surface area contributed by atoms with Crippen LogP contribution in [0.3, 0.4) is 0 Å². The van der Waals surface area contributed by atoms with Crippen LogP contribution in [-0.4, -0.2) is 6.04 Å². The van der Waals surface area contributed by atoms with Crippen LogP contribution in [0.5, 0.6) is 0 Å². The third kappa shape index (κ3) is 5.11. The van der Waals surface area contributed by atoms with Crippen molar-refractivity contribution in [2.24, 2.45) is 11.8 Å². The van der Waals surface area contributed by atoms with Crippen LogP contribution < -0.4 is 11.3 Å². The Kier molecular flexibility index (Phi) is 8.36. The molecule has 2 unspecified atom stereocenters. The SMILES string of the molecule is CCCCC(CC)C(NN)C1=CCCCCCC1. The Morgan fingerprint density at radius 1 is 1.22 bits per heavy atom. The van der Waals surface area contributed by atoms with Gasteiger partial charge in [0.2, 0.25) is 0 Å². The molecule has 18 heavy (non-hydrogen) atoms. The summed E-state index contributed by atoms with van der Waals surface area (Å²) < 4.78 is 0. The van der Waals surface area contributed by atoms with Crippen molar-refractivity contribution < 1.29 is 0 Å². The molecule has 0 aromatic heterocycles. The molecule has 0 spiro atoms. The molecule has 1 rings (SSSR count). The van der Waals surface area contributed by atoms with Crippen molar-refractivity contribution in [2.75, 3.05) is 0 Å². The van der Waals surface area contributed by atoms with Gasteiger partial charge in [-0.05, 0) is 38.0 Å². The highest BCUT2D eigenvalue weighted by Crippen LogP contribution is 2.27. The first-order valence-corrected chi connectivity index (χ1v) is 7.98. The van der Waals surface area contributed by atoms with E-state index in [0.29, 0.717) is 12.0 Å². The maximum Gasteiger partial charge on any atom is 0.0447 e. The third-order valence-corrected chi connectivity index (χ3v) is 4.33. The molecule has 0 bridgehead atoms. The van der Waals surface area contributed by atoms with Crippen LogP contribution in [0.1, 0.15) is 78.1 Å². The summed E-state index contributed by atoms with van der Waals surface area (Å²) in [6, 6.07) is 0.416. The first-order valence-electron chi connectivity index (χ1n) is 7.98. The molecule has 2 heteroatoms. The van der Waals surface area contributed by atoms with Gasteiger partial charge in [0.25, 0.3) is 0 Å². The lowest BCUT2D eigenvalue weighted by molar-refractivity contribution is 0.344. The number of unbranched alkanes of at least 4 members (excludes halogenated alkanes) is 1. The van der Waals surface area contributed by atoms with Crippen molar-refractivity contribution in [2.45, 2.75) is 84.1 Å². The molecule has 0 amide bonds. The molecule has 106 valence electrons. The molecule has 0 aliphatic heterocycles. The van der Waals surface area contributed by atoms with Crippen molar-refractivity contribution in [3.8, 4) is 0 Å². The van der Waals surface area contributed by atoms with Crippen molar-refractivity contribution >= 4 is 0 Å². The van der Waals surface area contributed by atoms with Gasteiger partial charge in [0.15, 0.2) is 0 Å². The minimum absolute atomic E-state index is 0.416. The van der Waals surface area contributed by atoms with E-state index < -0.39 is 0 Å². The number of nitrogens with two attached hydrogens (primary N) is 1. The Labute approximate surface area is 113 Å². The molecule has 2 nitrogen and oxygen atoms in total. The highest BCUT2D eigenvalue weighted by molar-refractivity contribution is 5.13. The number of hydrazine groups is 1. The van der Waals surface area contributed by atoms with Crippen molar-refractivity contribution in [1.29, 1.82) is 0 Å². The largest absolute Gasteiger partial charge is 0.271 e. The summed E-state index contributed by atoms with van der Waals surface area (Å²) in [5, 5.41) is 0. The van der Waals surface area contributed by atoms with Gasteiger partial charge in [-0.3, -0.25) is 11.3 Å². The lowest BCUT2D eigenvalue weighted by Gasteiger charge is -2.29. The number of hydrogen-bond donors (Lipinski definition) is 2. The molecular weight excluding hydrogens is 220 g/mol. The van der Waals surface area contributed by atoms with Gasteiger partial charge in [-0.1, -0.05) is 57.6 Å². The van der Waals surface area contributed by atoms with Crippen LogP contribution in [0.4, 0.5) is 0 Å². The van der Waals surface area contributed by atoms with Gasteiger partial charge >= 0.3 is 0 Å². The number of rotatable bonds is 7. The predicted octanol–water partition coefficient (Wildman–Crippen LogP) is 4.32. The highest BCUT2D eigenvalue weighted by Gasteiger charge is 2.22. The normalized spacial score (nSPS) is 20.7. The van der Waals surface area contributed by atoms with E-state index in [2.05, 4.69) is 25.3 Å². The average molecular weight is 252 g/mol. The minimum atomic E-state index is 0.416. The lowest BCUT2D eigenvalue weighted by atomic mass is 9.83. The van der Waals surface area contributed by atoms with Gasteiger partial charge in [-0.2, -0.15) is 0 Å². The Morgan fingerprint density at radius 2 is 2.00 bits per heavy atom. The first-order chi connectivity index (χ1) is 8.83. The maximum absolute atomic E-state index is 5.85. The van der Waals surface area contributed by atoms with E-state index >= 15 is 0 Å². The van der Waals surface area contributed by atoms with E-state index in [1.165, 1.54) is 64.2 Å². The summed E-state index contributed by atoms with van der Waals surface area (Å²) in [5.74, 6) is 6.56. The fourth-order valence-corrected chi connectivity index (χ4v) is 3.12. The lowest BCUT2D eigenvalue weighted by Crippen LogP contribution is -2.42. The van der Waals surface area contributed by atoms with Crippen molar-refractivity contribution in [1.82, 2.24) is 5.43 Å². The molecule has 2 atom stereocenters. The summed E-state index contributed by atoms with van der Waals surface area (Å²) in [5.41, 5.74) is 4.70. The molecule has 3 N–H and O–H groups in total. The molecule has 1 aliphatic carbocycles.